The summed E-state index contributed by atoms with van der Waals surface area (Å²) < 4.78 is 63.4. The lowest BCUT2D eigenvalue weighted by molar-refractivity contribution is -0.137. The number of nitrogens with one attached hydrogen (secondary N) is 2. The highest BCUT2D eigenvalue weighted by molar-refractivity contribution is 7.91. The Bertz CT molecular complexity index is 890. The predicted octanol–water partition coefficient (Wildman–Crippen LogP) is 2.91. The minimum atomic E-state index is -4.42. The summed E-state index contributed by atoms with van der Waals surface area (Å²) in [6.07, 6.45) is -4.42. The molecule has 1 aromatic heterocycles. The number of thiophene rings is 1. The molecule has 1 amide bonds. The average Bonchev–Trinajstić information content (AvgIpc) is 3.03. The first-order valence-electron chi connectivity index (χ1n) is 7.03. The summed E-state index contributed by atoms with van der Waals surface area (Å²) in [6.45, 7) is 1.56. The van der Waals surface area contributed by atoms with Gasteiger partial charge in [-0.25, -0.2) is 13.1 Å². The van der Waals surface area contributed by atoms with Gasteiger partial charge in [0.1, 0.15) is 4.21 Å². The van der Waals surface area contributed by atoms with E-state index in [4.69, 9.17) is 0 Å². The summed E-state index contributed by atoms with van der Waals surface area (Å²) in [7, 11) is -2.36. The molecular formula is C15H15F3N2O3S2. The summed E-state index contributed by atoms with van der Waals surface area (Å²) in [5.74, 6) is -0.498. The molecule has 0 aliphatic heterocycles. The van der Waals surface area contributed by atoms with Crippen molar-refractivity contribution in [1.29, 1.82) is 0 Å². The molecule has 0 unspecified atom stereocenters. The van der Waals surface area contributed by atoms with E-state index in [0.717, 1.165) is 23.5 Å². The van der Waals surface area contributed by atoms with Crippen LogP contribution in [0.4, 0.5) is 13.2 Å². The largest absolute Gasteiger partial charge is 0.416 e. The van der Waals surface area contributed by atoms with Crippen LogP contribution in [-0.2, 0) is 22.7 Å². The van der Waals surface area contributed by atoms with Gasteiger partial charge in [-0.3, -0.25) is 4.79 Å². The van der Waals surface area contributed by atoms with Crippen molar-refractivity contribution in [3.8, 4) is 0 Å². The van der Waals surface area contributed by atoms with Gasteiger partial charge in [0.2, 0.25) is 10.0 Å². The molecule has 1 aromatic carbocycles. The maximum Gasteiger partial charge on any atom is 0.416 e. The number of halogens is 3. The maximum absolute atomic E-state index is 12.6. The van der Waals surface area contributed by atoms with E-state index < -0.39 is 27.7 Å². The van der Waals surface area contributed by atoms with Gasteiger partial charge in [-0.2, -0.15) is 13.2 Å². The van der Waals surface area contributed by atoms with Gasteiger partial charge in [0.05, 0.1) is 10.4 Å². The van der Waals surface area contributed by atoms with E-state index in [0.29, 0.717) is 11.1 Å². The van der Waals surface area contributed by atoms with Crippen LogP contribution in [0.25, 0.3) is 0 Å². The third kappa shape index (κ3) is 4.59. The number of carbonyl (C=O) groups excluding carboxylic acids is 1. The van der Waals surface area contributed by atoms with Gasteiger partial charge in [-0.15, -0.1) is 11.3 Å². The highest BCUT2D eigenvalue weighted by atomic mass is 32.2. The second-order valence-corrected chi connectivity index (χ2v) is 8.35. The Labute approximate surface area is 146 Å². The van der Waals surface area contributed by atoms with E-state index in [1.165, 1.54) is 32.2 Å². The lowest BCUT2D eigenvalue weighted by Gasteiger charge is -2.11. The maximum atomic E-state index is 12.6. The van der Waals surface area contributed by atoms with E-state index in [2.05, 4.69) is 10.0 Å². The lowest BCUT2D eigenvalue weighted by Crippen LogP contribution is -2.22. The van der Waals surface area contributed by atoms with Crippen LogP contribution in [-0.4, -0.2) is 21.4 Å². The first kappa shape index (κ1) is 19.4. The number of carbonyl (C=O) groups is 1. The molecule has 5 nitrogen and oxygen atoms in total. The predicted molar refractivity (Wildman–Crippen MR) is 87.9 cm³/mol. The molecule has 0 radical (unpaired) electrons. The van der Waals surface area contributed by atoms with Crippen LogP contribution in [0, 0.1) is 6.92 Å². The van der Waals surface area contributed by atoms with Crippen molar-refractivity contribution in [2.45, 2.75) is 23.9 Å². The fourth-order valence-electron chi connectivity index (χ4n) is 2.02. The van der Waals surface area contributed by atoms with Crippen LogP contribution in [0.5, 0.6) is 0 Å². The monoisotopic (exact) mass is 392 g/mol. The minimum absolute atomic E-state index is 0.00543. The zero-order valence-corrected chi connectivity index (χ0v) is 14.9. The summed E-state index contributed by atoms with van der Waals surface area (Å²) in [5, 5.41) is 2.57. The summed E-state index contributed by atoms with van der Waals surface area (Å²) >= 11 is 0.806. The molecule has 2 aromatic rings. The smallest absolute Gasteiger partial charge is 0.347 e. The quantitative estimate of drug-likeness (QED) is 0.822. The van der Waals surface area contributed by atoms with E-state index in [1.54, 1.807) is 0 Å². The number of hydrogen-bond acceptors (Lipinski definition) is 4. The van der Waals surface area contributed by atoms with Crippen molar-refractivity contribution in [2.24, 2.45) is 0 Å². The fraction of sp³-hybridized carbons (Fsp3) is 0.267. The number of hydrogen-bond donors (Lipinski definition) is 2. The van der Waals surface area contributed by atoms with Crippen LogP contribution in [0.1, 0.15) is 26.4 Å². The average molecular weight is 392 g/mol. The van der Waals surface area contributed by atoms with Gasteiger partial charge in [0.15, 0.2) is 0 Å². The van der Waals surface area contributed by atoms with Crippen molar-refractivity contribution in [1.82, 2.24) is 10.0 Å². The van der Waals surface area contributed by atoms with E-state index >= 15 is 0 Å². The molecule has 0 atom stereocenters. The molecule has 0 aliphatic rings. The summed E-state index contributed by atoms with van der Waals surface area (Å²) in [4.78, 5) is 12.3. The minimum Gasteiger partial charge on any atom is -0.347 e. The Morgan fingerprint density at radius 2 is 1.88 bits per heavy atom. The zero-order chi connectivity index (χ0) is 18.8. The summed E-state index contributed by atoms with van der Waals surface area (Å²) in [6, 6.07) is 5.98. The molecule has 1 heterocycles. The Hall–Kier alpha value is -1.91. The van der Waals surface area contributed by atoms with Crippen LogP contribution < -0.4 is 10.0 Å². The van der Waals surface area contributed by atoms with Gasteiger partial charge < -0.3 is 5.32 Å². The second-order valence-electron chi connectivity index (χ2n) is 5.15. The number of sulfonamides is 1. The SMILES string of the molecule is CNS(=O)(=O)c1ccc(C(=O)NCc2ccc(C(F)(F)F)cc2C)s1. The first-order chi connectivity index (χ1) is 11.5. The van der Waals surface area contributed by atoms with E-state index in [-0.39, 0.29) is 15.6 Å². The second kappa shape index (κ2) is 7.14. The van der Waals surface area contributed by atoms with Crippen molar-refractivity contribution in [2.75, 3.05) is 7.05 Å². The van der Waals surface area contributed by atoms with Crippen LogP contribution >= 0.6 is 11.3 Å². The van der Waals surface area contributed by atoms with Crippen molar-refractivity contribution < 1.29 is 26.4 Å². The van der Waals surface area contributed by atoms with Gasteiger partial charge >= 0.3 is 6.18 Å². The van der Waals surface area contributed by atoms with E-state index in [1.807, 2.05) is 0 Å². The number of benzene rings is 1. The molecule has 0 saturated heterocycles. The van der Waals surface area contributed by atoms with Gasteiger partial charge in [0, 0.05) is 6.54 Å². The fourth-order valence-corrected chi connectivity index (χ4v) is 4.08. The molecule has 2 rings (SSSR count). The first-order valence-corrected chi connectivity index (χ1v) is 9.33. The highest BCUT2D eigenvalue weighted by Gasteiger charge is 2.30. The van der Waals surface area contributed by atoms with Crippen molar-refractivity contribution >= 4 is 27.3 Å². The molecule has 0 bridgehead atoms. The molecule has 2 N–H and O–H groups in total. The Morgan fingerprint density at radius 1 is 1.20 bits per heavy atom. The molecule has 0 saturated carbocycles. The molecule has 0 aliphatic carbocycles. The molecule has 0 fully saturated rings. The molecule has 0 spiro atoms. The molecule has 10 heteroatoms. The standard InChI is InChI=1S/C15H15F3N2O3S2/c1-9-7-11(15(16,17)18)4-3-10(9)8-20-14(21)12-5-6-13(24-12)25(22,23)19-2/h3-7,19H,8H2,1-2H3,(H,20,21). The molecular weight excluding hydrogens is 377 g/mol. The summed E-state index contributed by atoms with van der Waals surface area (Å²) in [5.41, 5.74) is 0.195. The number of aryl methyl sites for hydroxylation is 1. The normalized spacial score (nSPS) is 12.2. The van der Waals surface area contributed by atoms with Gasteiger partial charge in [0.25, 0.3) is 5.91 Å². The van der Waals surface area contributed by atoms with Crippen LogP contribution in [0.3, 0.4) is 0 Å². The van der Waals surface area contributed by atoms with Gasteiger partial charge in [-0.1, -0.05) is 6.07 Å². The third-order valence-electron chi connectivity index (χ3n) is 3.45. The number of amides is 1. The third-order valence-corrected chi connectivity index (χ3v) is 6.44. The van der Waals surface area contributed by atoms with Crippen molar-refractivity contribution in [3.63, 3.8) is 0 Å². The molecule has 136 valence electrons. The van der Waals surface area contributed by atoms with Crippen LogP contribution in [0.15, 0.2) is 34.5 Å². The Morgan fingerprint density at radius 3 is 2.44 bits per heavy atom. The topological polar surface area (TPSA) is 75.3 Å². The number of rotatable bonds is 5. The highest BCUT2D eigenvalue weighted by Crippen LogP contribution is 2.30. The van der Waals surface area contributed by atoms with Crippen molar-refractivity contribution in [3.05, 3.63) is 51.9 Å². The van der Waals surface area contributed by atoms with Gasteiger partial charge in [-0.05, 0) is 49.4 Å². The van der Waals surface area contributed by atoms with E-state index in [9.17, 15) is 26.4 Å². The van der Waals surface area contributed by atoms with Crippen LogP contribution in [0.2, 0.25) is 0 Å². The molecule has 25 heavy (non-hydrogen) atoms. The zero-order valence-electron chi connectivity index (χ0n) is 13.3. The number of alkyl halides is 3. The Kier molecular flexibility index (Phi) is 5.55. The Balaban J connectivity index is 2.08. The lowest BCUT2D eigenvalue weighted by atomic mass is 10.0.